The van der Waals surface area contributed by atoms with E-state index in [-0.39, 0.29) is 11.4 Å². The third-order valence-corrected chi connectivity index (χ3v) is 5.65. The third-order valence-electron chi connectivity index (χ3n) is 5.65. The third kappa shape index (κ3) is 4.15. The van der Waals surface area contributed by atoms with E-state index in [1.165, 1.54) is 11.1 Å². The molecule has 5 nitrogen and oxygen atoms in total. The average molecular weight is 354 g/mol. The Balaban J connectivity index is 1.50. The van der Waals surface area contributed by atoms with Gasteiger partial charge in [-0.25, -0.2) is 0 Å². The maximum atomic E-state index is 12.3. The van der Waals surface area contributed by atoms with Gasteiger partial charge in [0.2, 0.25) is 5.91 Å². The van der Waals surface area contributed by atoms with E-state index >= 15 is 0 Å². The Hall–Kier alpha value is -2.14. The highest BCUT2D eigenvalue weighted by molar-refractivity contribution is 5.76. The van der Waals surface area contributed by atoms with Gasteiger partial charge in [0.25, 0.3) is 0 Å². The highest BCUT2D eigenvalue weighted by Gasteiger charge is 2.30. The summed E-state index contributed by atoms with van der Waals surface area (Å²) >= 11 is 0. The van der Waals surface area contributed by atoms with Crippen molar-refractivity contribution in [2.24, 2.45) is 0 Å². The molecular weight excluding hydrogens is 324 g/mol. The molecule has 2 N–H and O–H groups in total. The Kier molecular flexibility index (Phi) is 5.47. The number of aromatic nitrogens is 2. The molecule has 3 rings (SSSR count). The second-order valence-corrected chi connectivity index (χ2v) is 7.95. The molecule has 1 aromatic carbocycles. The van der Waals surface area contributed by atoms with Gasteiger partial charge in [0.1, 0.15) is 0 Å². The monoisotopic (exact) mass is 354 g/mol. The van der Waals surface area contributed by atoms with Crippen molar-refractivity contribution in [3.63, 3.8) is 0 Å². The van der Waals surface area contributed by atoms with Crippen molar-refractivity contribution in [1.82, 2.24) is 20.4 Å². The number of aromatic amines is 1. The second kappa shape index (κ2) is 7.62. The average Bonchev–Trinajstić information content (AvgIpc) is 2.96. The molecule has 140 valence electrons. The van der Waals surface area contributed by atoms with Crippen LogP contribution < -0.4 is 5.32 Å². The number of hydrogen-bond donors (Lipinski definition) is 2. The summed E-state index contributed by atoms with van der Waals surface area (Å²) in [5, 5.41) is 10.4. The number of nitrogens with zero attached hydrogens (tertiary/aromatic N) is 2. The molecule has 26 heavy (non-hydrogen) atoms. The minimum absolute atomic E-state index is 0.0674. The van der Waals surface area contributed by atoms with Crippen molar-refractivity contribution in [3.05, 3.63) is 52.3 Å². The van der Waals surface area contributed by atoms with E-state index in [2.05, 4.69) is 58.5 Å². The van der Waals surface area contributed by atoms with Crippen molar-refractivity contribution < 1.29 is 4.79 Å². The standard InChI is InChI=1S/C21H30N4O/c1-15-16(2)23-24-19(15)9-10-20(26)22-14-21(3,4)25-12-11-17-7-5-6-8-18(17)13-25/h5-8H,9-14H2,1-4H3,(H,22,26)(H,23,24). The number of carbonyl (C=O) groups is 1. The number of aryl methyl sites for hydroxylation is 2. The number of carbonyl (C=O) groups excluding carboxylic acids is 1. The fraction of sp³-hybridized carbons (Fsp3) is 0.524. The number of amides is 1. The van der Waals surface area contributed by atoms with Crippen molar-refractivity contribution in [3.8, 4) is 0 Å². The summed E-state index contributed by atoms with van der Waals surface area (Å²) in [5.74, 6) is 0.0931. The van der Waals surface area contributed by atoms with Gasteiger partial charge in [0.05, 0.1) is 5.69 Å². The minimum atomic E-state index is -0.0674. The van der Waals surface area contributed by atoms with E-state index < -0.39 is 0 Å². The molecule has 1 aromatic heterocycles. The zero-order chi connectivity index (χ0) is 18.7. The van der Waals surface area contributed by atoms with E-state index in [4.69, 9.17) is 0 Å². The van der Waals surface area contributed by atoms with Gasteiger partial charge in [0.15, 0.2) is 0 Å². The Morgan fingerprint density at radius 2 is 2.00 bits per heavy atom. The Labute approximate surface area is 156 Å². The van der Waals surface area contributed by atoms with Crippen LogP contribution in [0.25, 0.3) is 0 Å². The maximum absolute atomic E-state index is 12.3. The fourth-order valence-electron chi connectivity index (χ4n) is 3.54. The van der Waals surface area contributed by atoms with Gasteiger partial charge in [-0.1, -0.05) is 24.3 Å². The van der Waals surface area contributed by atoms with Crippen LogP contribution in [0.4, 0.5) is 0 Å². The molecule has 0 saturated carbocycles. The molecule has 0 spiro atoms. The minimum Gasteiger partial charge on any atom is -0.354 e. The largest absolute Gasteiger partial charge is 0.354 e. The van der Waals surface area contributed by atoms with Crippen LogP contribution in [-0.2, 0) is 24.2 Å². The summed E-state index contributed by atoms with van der Waals surface area (Å²) in [4.78, 5) is 14.8. The molecule has 0 saturated heterocycles. The summed E-state index contributed by atoms with van der Waals surface area (Å²) < 4.78 is 0. The van der Waals surface area contributed by atoms with Gasteiger partial charge in [-0.05, 0) is 50.8 Å². The van der Waals surface area contributed by atoms with Crippen LogP contribution in [0.3, 0.4) is 0 Å². The molecule has 2 heterocycles. The van der Waals surface area contributed by atoms with Gasteiger partial charge >= 0.3 is 0 Å². The molecule has 0 aliphatic carbocycles. The molecule has 0 bridgehead atoms. The number of H-pyrrole nitrogens is 1. The van der Waals surface area contributed by atoms with Crippen molar-refractivity contribution in [1.29, 1.82) is 0 Å². The van der Waals surface area contributed by atoms with Crippen LogP contribution >= 0.6 is 0 Å². The van der Waals surface area contributed by atoms with Gasteiger partial charge in [-0.2, -0.15) is 5.10 Å². The van der Waals surface area contributed by atoms with Crippen LogP contribution in [0.15, 0.2) is 24.3 Å². The summed E-state index contributed by atoms with van der Waals surface area (Å²) in [6.45, 7) is 11.1. The molecule has 2 aromatic rings. The molecule has 1 aliphatic rings. The first kappa shape index (κ1) is 18.6. The SMILES string of the molecule is Cc1[nH]nc(CCC(=O)NCC(C)(C)N2CCc3ccccc3C2)c1C. The Bertz CT molecular complexity index is 778. The highest BCUT2D eigenvalue weighted by atomic mass is 16.1. The van der Waals surface area contributed by atoms with Gasteiger partial charge in [-0.15, -0.1) is 0 Å². The summed E-state index contributed by atoms with van der Waals surface area (Å²) in [6.07, 6.45) is 2.23. The van der Waals surface area contributed by atoms with E-state index in [0.29, 0.717) is 19.4 Å². The lowest BCUT2D eigenvalue weighted by atomic mass is 9.94. The fourth-order valence-corrected chi connectivity index (χ4v) is 3.54. The van der Waals surface area contributed by atoms with Crippen LogP contribution in [-0.4, -0.2) is 39.6 Å². The predicted molar refractivity (Wildman–Crippen MR) is 104 cm³/mol. The number of fused-ring (bicyclic) bond motifs is 1. The van der Waals surface area contributed by atoms with E-state index in [9.17, 15) is 4.79 Å². The van der Waals surface area contributed by atoms with Gasteiger partial charge < -0.3 is 5.32 Å². The lowest BCUT2D eigenvalue weighted by Crippen LogP contribution is -2.53. The molecule has 0 radical (unpaired) electrons. The molecule has 0 fully saturated rings. The Morgan fingerprint density at radius 3 is 2.69 bits per heavy atom. The lowest BCUT2D eigenvalue weighted by Gasteiger charge is -2.41. The van der Waals surface area contributed by atoms with E-state index in [1.807, 2.05) is 13.8 Å². The molecule has 0 atom stereocenters. The number of rotatable bonds is 6. The normalized spacial score (nSPS) is 14.9. The second-order valence-electron chi connectivity index (χ2n) is 7.95. The van der Waals surface area contributed by atoms with Crippen LogP contribution in [0.1, 0.15) is 48.3 Å². The molecule has 1 aliphatic heterocycles. The van der Waals surface area contributed by atoms with Crippen LogP contribution in [0.5, 0.6) is 0 Å². The van der Waals surface area contributed by atoms with E-state index in [0.717, 1.165) is 36.5 Å². The first-order valence-electron chi connectivity index (χ1n) is 9.46. The van der Waals surface area contributed by atoms with Gasteiger partial charge in [0, 0.05) is 43.7 Å². The number of benzene rings is 1. The first-order valence-corrected chi connectivity index (χ1v) is 9.46. The predicted octanol–water partition coefficient (Wildman–Crippen LogP) is 2.91. The smallest absolute Gasteiger partial charge is 0.220 e. The summed E-state index contributed by atoms with van der Waals surface area (Å²) in [5.41, 5.74) is 6.01. The molecule has 5 heteroatoms. The first-order chi connectivity index (χ1) is 12.4. The Morgan fingerprint density at radius 1 is 1.27 bits per heavy atom. The molecule has 1 amide bonds. The molecular formula is C21H30N4O. The zero-order valence-corrected chi connectivity index (χ0v) is 16.4. The number of hydrogen-bond acceptors (Lipinski definition) is 3. The topological polar surface area (TPSA) is 61.0 Å². The van der Waals surface area contributed by atoms with E-state index in [1.54, 1.807) is 0 Å². The highest BCUT2D eigenvalue weighted by Crippen LogP contribution is 2.25. The van der Waals surface area contributed by atoms with Crippen molar-refractivity contribution >= 4 is 5.91 Å². The zero-order valence-electron chi connectivity index (χ0n) is 16.4. The summed E-state index contributed by atoms with van der Waals surface area (Å²) in [6, 6.07) is 8.66. The van der Waals surface area contributed by atoms with Crippen molar-refractivity contribution in [2.75, 3.05) is 13.1 Å². The number of nitrogens with one attached hydrogen (secondary N) is 2. The maximum Gasteiger partial charge on any atom is 0.220 e. The lowest BCUT2D eigenvalue weighted by molar-refractivity contribution is -0.121. The van der Waals surface area contributed by atoms with Crippen molar-refractivity contribution in [2.45, 2.75) is 59.0 Å². The van der Waals surface area contributed by atoms with Gasteiger partial charge in [-0.3, -0.25) is 14.8 Å². The molecule has 0 unspecified atom stereocenters. The quantitative estimate of drug-likeness (QED) is 0.838. The summed E-state index contributed by atoms with van der Waals surface area (Å²) in [7, 11) is 0. The van der Waals surface area contributed by atoms with Crippen LogP contribution in [0.2, 0.25) is 0 Å². The van der Waals surface area contributed by atoms with Crippen LogP contribution in [0, 0.1) is 13.8 Å².